The van der Waals surface area contributed by atoms with E-state index in [1.807, 2.05) is 29.2 Å². The summed E-state index contributed by atoms with van der Waals surface area (Å²) in [4.78, 5) is 33.7. The van der Waals surface area contributed by atoms with Crippen LogP contribution in [0.2, 0.25) is 0 Å². The highest BCUT2D eigenvalue weighted by Gasteiger charge is 2.34. The Labute approximate surface area is 190 Å². The van der Waals surface area contributed by atoms with Gasteiger partial charge in [0.15, 0.2) is 11.5 Å². The number of carbonyl (C=O) groups excluding carboxylic acids is 2. The lowest BCUT2D eigenvalue weighted by Crippen LogP contribution is -2.46. The molecule has 3 aromatic rings. The minimum absolute atomic E-state index is 0.117. The number of halogens is 2. The van der Waals surface area contributed by atoms with E-state index in [4.69, 9.17) is 4.42 Å². The molecule has 0 saturated carbocycles. The molecule has 2 aromatic carbocycles. The summed E-state index contributed by atoms with van der Waals surface area (Å²) in [5.41, 5.74) is 1.50. The van der Waals surface area contributed by atoms with Crippen molar-refractivity contribution in [2.45, 2.75) is 31.6 Å². The van der Waals surface area contributed by atoms with Crippen molar-refractivity contribution in [1.82, 2.24) is 14.8 Å². The zero-order chi connectivity index (χ0) is 22.9. The van der Waals surface area contributed by atoms with Crippen LogP contribution in [-0.4, -0.2) is 52.8 Å². The summed E-state index contributed by atoms with van der Waals surface area (Å²) in [6.45, 7) is 2.07. The minimum Gasteiger partial charge on any atom is -0.440 e. The first-order chi connectivity index (χ1) is 16.0. The molecule has 0 bridgehead atoms. The number of hydrogen-bond acceptors (Lipinski definition) is 4. The molecule has 3 heterocycles. The van der Waals surface area contributed by atoms with Crippen LogP contribution in [-0.2, 0) is 4.79 Å². The molecule has 33 heavy (non-hydrogen) atoms. The van der Waals surface area contributed by atoms with Gasteiger partial charge in [-0.25, -0.2) is 13.8 Å². The average Bonchev–Trinajstić information content (AvgIpc) is 3.28. The van der Waals surface area contributed by atoms with E-state index >= 15 is 0 Å². The molecule has 2 saturated heterocycles. The molecule has 5 rings (SSSR count). The second-order valence-electron chi connectivity index (χ2n) is 8.81. The van der Waals surface area contributed by atoms with E-state index in [9.17, 15) is 18.4 Å². The predicted octanol–water partition coefficient (Wildman–Crippen LogP) is 4.36. The third-order valence-electron chi connectivity index (χ3n) is 6.76. The van der Waals surface area contributed by atoms with Gasteiger partial charge in [0.2, 0.25) is 5.91 Å². The lowest BCUT2D eigenvalue weighted by Gasteiger charge is -2.36. The van der Waals surface area contributed by atoms with Crippen molar-refractivity contribution in [3.8, 4) is 0 Å². The minimum atomic E-state index is -0.861. The normalized spacial score (nSPS) is 18.1. The SMILES string of the molecule is O=C(c1ccc(F)cc1F)N1CCC(C(=O)N2CCC(c3nc4ccccc4o3)CC2)CC1. The van der Waals surface area contributed by atoms with Crippen LogP contribution in [0, 0.1) is 17.6 Å². The summed E-state index contributed by atoms with van der Waals surface area (Å²) in [6.07, 6.45) is 2.69. The van der Waals surface area contributed by atoms with Gasteiger partial charge in [-0.1, -0.05) is 12.1 Å². The highest BCUT2D eigenvalue weighted by Crippen LogP contribution is 2.31. The van der Waals surface area contributed by atoms with Crippen molar-refractivity contribution in [3.05, 3.63) is 65.6 Å². The number of piperidine rings is 2. The molecule has 8 heteroatoms. The molecule has 172 valence electrons. The maximum atomic E-state index is 14.0. The molecule has 2 aliphatic rings. The lowest BCUT2D eigenvalue weighted by atomic mass is 9.91. The van der Waals surface area contributed by atoms with Crippen molar-refractivity contribution in [3.63, 3.8) is 0 Å². The van der Waals surface area contributed by atoms with Crippen LogP contribution in [0.4, 0.5) is 8.78 Å². The van der Waals surface area contributed by atoms with Crippen molar-refractivity contribution in [2.75, 3.05) is 26.2 Å². The fourth-order valence-electron chi connectivity index (χ4n) is 4.83. The maximum Gasteiger partial charge on any atom is 0.256 e. The summed E-state index contributed by atoms with van der Waals surface area (Å²) in [5, 5.41) is 0. The Bertz CT molecular complexity index is 1150. The van der Waals surface area contributed by atoms with E-state index in [2.05, 4.69) is 4.98 Å². The highest BCUT2D eigenvalue weighted by molar-refractivity contribution is 5.94. The number of oxazole rings is 1. The first-order valence-electron chi connectivity index (χ1n) is 11.4. The number of nitrogens with zero attached hydrogens (tertiary/aromatic N) is 3. The molecule has 0 spiro atoms. The summed E-state index contributed by atoms with van der Waals surface area (Å²) in [5.74, 6) is -1.13. The van der Waals surface area contributed by atoms with Crippen LogP contribution >= 0.6 is 0 Å². The molecular weight excluding hydrogens is 428 g/mol. The first kappa shape index (κ1) is 21.6. The summed E-state index contributed by atoms with van der Waals surface area (Å²) >= 11 is 0. The second kappa shape index (κ2) is 8.92. The standard InChI is InChI=1S/C25H25F2N3O3/c26-18-5-6-19(20(27)15-18)25(32)30-13-9-17(10-14-30)24(31)29-11-7-16(8-12-29)23-28-21-3-1-2-4-22(21)33-23/h1-6,15-17H,7-14H2. The van der Waals surface area contributed by atoms with Crippen molar-refractivity contribution in [2.24, 2.45) is 5.92 Å². The zero-order valence-corrected chi connectivity index (χ0v) is 18.2. The number of benzene rings is 2. The van der Waals surface area contributed by atoms with Crippen molar-refractivity contribution in [1.29, 1.82) is 0 Å². The van der Waals surface area contributed by atoms with E-state index in [-0.39, 0.29) is 23.3 Å². The Kier molecular flexibility index (Phi) is 5.83. The number of carbonyl (C=O) groups is 2. The van der Waals surface area contributed by atoms with E-state index in [0.29, 0.717) is 45.1 Å². The van der Waals surface area contributed by atoms with Gasteiger partial charge in [0, 0.05) is 44.1 Å². The van der Waals surface area contributed by atoms with Gasteiger partial charge in [0.25, 0.3) is 5.91 Å². The number of para-hydroxylation sites is 2. The van der Waals surface area contributed by atoms with Crippen LogP contribution in [0.1, 0.15) is 47.8 Å². The van der Waals surface area contributed by atoms with Gasteiger partial charge in [-0.05, 0) is 49.9 Å². The third-order valence-corrected chi connectivity index (χ3v) is 6.76. The molecule has 1 aromatic heterocycles. The summed E-state index contributed by atoms with van der Waals surface area (Å²) in [7, 11) is 0. The van der Waals surface area contributed by atoms with Gasteiger partial charge in [-0.3, -0.25) is 9.59 Å². The van der Waals surface area contributed by atoms with Gasteiger partial charge in [-0.2, -0.15) is 0 Å². The van der Waals surface area contributed by atoms with E-state index in [1.165, 1.54) is 6.07 Å². The van der Waals surface area contributed by atoms with Gasteiger partial charge in [-0.15, -0.1) is 0 Å². The Morgan fingerprint density at radius 3 is 2.30 bits per heavy atom. The van der Waals surface area contributed by atoms with E-state index in [0.717, 1.165) is 35.9 Å². The van der Waals surface area contributed by atoms with Crippen LogP contribution in [0.25, 0.3) is 11.1 Å². The van der Waals surface area contributed by atoms with Crippen molar-refractivity contribution < 1.29 is 22.8 Å². The largest absolute Gasteiger partial charge is 0.440 e. The number of amides is 2. The fourth-order valence-corrected chi connectivity index (χ4v) is 4.83. The molecule has 0 radical (unpaired) electrons. The number of rotatable bonds is 3. The number of fused-ring (bicyclic) bond motifs is 1. The molecule has 0 aliphatic carbocycles. The Morgan fingerprint density at radius 2 is 1.61 bits per heavy atom. The molecule has 2 amide bonds. The lowest BCUT2D eigenvalue weighted by molar-refractivity contribution is -0.138. The number of likely N-dealkylation sites (tertiary alicyclic amines) is 2. The Balaban J connectivity index is 1.14. The molecule has 0 atom stereocenters. The molecule has 0 N–H and O–H groups in total. The quantitative estimate of drug-likeness (QED) is 0.591. The number of hydrogen-bond donors (Lipinski definition) is 0. The first-order valence-corrected chi connectivity index (χ1v) is 11.4. The van der Waals surface area contributed by atoms with Gasteiger partial charge >= 0.3 is 0 Å². The van der Waals surface area contributed by atoms with Crippen LogP contribution in [0.5, 0.6) is 0 Å². The van der Waals surface area contributed by atoms with Crippen LogP contribution in [0.3, 0.4) is 0 Å². The van der Waals surface area contributed by atoms with Crippen molar-refractivity contribution >= 4 is 22.9 Å². The Morgan fingerprint density at radius 1 is 0.909 bits per heavy atom. The van der Waals surface area contributed by atoms with Crippen LogP contribution in [0.15, 0.2) is 46.9 Å². The highest BCUT2D eigenvalue weighted by atomic mass is 19.1. The van der Waals surface area contributed by atoms with Gasteiger partial charge < -0.3 is 14.2 Å². The van der Waals surface area contributed by atoms with E-state index < -0.39 is 17.5 Å². The maximum absolute atomic E-state index is 14.0. The zero-order valence-electron chi connectivity index (χ0n) is 18.2. The molecule has 6 nitrogen and oxygen atoms in total. The molecular formula is C25H25F2N3O3. The summed E-state index contributed by atoms with van der Waals surface area (Å²) in [6, 6.07) is 10.7. The van der Waals surface area contributed by atoms with Gasteiger partial charge in [0.05, 0.1) is 5.56 Å². The third kappa shape index (κ3) is 4.34. The smallest absolute Gasteiger partial charge is 0.256 e. The second-order valence-corrected chi connectivity index (χ2v) is 8.81. The summed E-state index contributed by atoms with van der Waals surface area (Å²) < 4.78 is 33.0. The monoisotopic (exact) mass is 453 g/mol. The molecule has 2 fully saturated rings. The topological polar surface area (TPSA) is 66.7 Å². The molecule has 2 aliphatic heterocycles. The fraction of sp³-hybridized carbons (Fsp3) is 0.400. The Hall–Kier alpha value is -3.29. The van der Waals surface area contributed by atoms with Gasteiger partial charge in [0.1, 0.15) is 17.2 Å². The van der Waals surface area contributed by atoms with E-state index in [1.54, 1.807) is 4.90 Å². The number of aromatic nitrogens is 1. The molecule has 0 unspecified atom stereocenters. The van der Waals surface area contributed by atoms with Crippen LogP contribution < -0.4 is 0 Å². The average molecular weight is 453 g/mol. The predicted molar refractivity (Wildman–Crippen MR) is 118 cm³/mol.